The van der Waals surface area contributed by atoms with Gasteiger partial charge in [-0.05, 0) is 38.0 Å². The second kappa shape index (κ2) is 16.8. The van der Waals surface area contributed by atoms with Gasteiger partial charge in [-0.3, -0.25) is 0 Å². The van der Waals surface area contributed by atoms with E-state index in [0.29, 0.717) is 0 Å². The van der Waals surface area contributed by atoms with Gasteiger partial charge >= 0.3 is 0 Å². The Morgan fingerprint density at radius 1 is 0.600 bits per heavy atom. The highest BCUT2D eigenvalue weighted by Crippen LogP contribution is 2.13. The summed E-state index contributed by atoms with van der Waals surface area (Å²) < 4.78 is 0. The van der Waals surface area contributed by atoms with Gasteiger partial charge in [-0.1, -0.05) is 90.7 Å². The fourth-order valence-corrected chi connectivity index (χ4v) is 2.55. The molecule has 0 unspecified atom stereocenters. The zero-order valence-corrected chi connectivity index (χ0v) is 14.6. The van der Waals surface area contributed by atoms with Crippen LogP contribution in [0, 0.1) is 5.92 Å². The second-order valence-corrected chi connectivity index (χ2v) is 6.54. The van der Waals surface area contributed by atoms with Crippen molar-refractivity contribution in [3.63, 3.8) is 0 Å². The Bertz CT molecular complexity index is 190. The van der Waals surface area contributed by atoms with E-state index in [9.17, 15) is 0 Å². The standard InChI is InChI=1S/C20H39/c1-4-5-6-7-8-9-10-11-12-13-14-15-16-17-18-19-20(2)3/h11-12H,4-10,13-19H2,1-3H3/b12-11-. The molecule has 0 fully saturated rings. The summed E-state index contributed by atoms with van der Waals surface area (Å²) in [4.78, 5) is 0. The van der Waals surface area contributed by atoms with Crippen LogP contribution in [0.25, 0.3) is 0 Å². The molecule has 0 spiro atoms. The lowest BCUT2D eigenvalue weighted by Gasteiger charge is -2.03. The molecule has 0 amide bonds. The van der Waals surface area contributed by atoms with Gasteiger partial charge < -0.3 is 0 Å². The fraction of sp³-hybridized carbons (Fsp3) is 0.850. The zero-order chi connectivity index (χ0) is 14.9. The van der Waals surface area contributed by atoms with Crippen molar-refractivity contribution in [3.05, 3.63) is 18.1 Å². The van der Waals surface area contributed by atoms with Crippen LogP contribution in [0.4, 0.5) is 0 Å². The van der Waals surface area contributed by atoms with E-state index in [4.69, 9.17) is 0 Å². The van der Waals surface area contributed by atoms with Crippen LogP contribution in [0.5, 0.6) is 0 Å². The molecule has 0 bridgehead atoms. The molecule has 1 radical (unpaired) electrons. The lowest BCUT2D eigenvalue weighted by Crippen LogP contribution is -1.85. The SMILES string of the molecule is CCCCCCCC/C=C\CCCCCCC[C](C)C. The highest BCUT2D eigenvalue weighted by atomic mass is 14.0. The predicted molar refractivity (Wildman–Crippen MR) is 94.0 cm³/mol. The van der Waals surface area contributed by atoms with Gasteiger partial charge in [0.25, 0.3) is 0 Å². The van der Waals surface area contributed by atoms with Crippen LogP contribution in [0.2, 0.25) is 0 Å². The quantitative estimate of drug-likeness (QED) is 0.213. The summed E-state index contributed by atoms with van der Waals surface area (Å²) in [5.74, 6) is 1.59. The van der Waals surface area contributed by atoms with Crippen molar-refractivity contribution in [2.75, 3.05) is 0 Å². The molecule has 0 heterocycles. The minimum Gasteiger partial charge on any atom is -0.0885 e. The van der Waals surface area contributed by atoms with Crippen LogP contribution in [-0.4, -0.2) is 0 Å². The summed E-state index contributed by atoms with van der Waals surface area (Å²) in [5.41, 5.74) is 0. The van der Waals surface area contributed by atoms with Gasteiger partial charge in [-0.15, -0.1) is 0 Å². The first-order chi connectivity index (χ1) is 9.77. The molecule has 0 nitrogen and oxygen atoms in total. The zero-order valence-electron chi connectivity index (χ0n) is 14.6. The minimum absolute atomic E-state index is 1.30. The van der Waals surface area contributed by atoms with Crippen molar-refractivity contribution < 1.29 is 0 Å². The summed E-state index contributed by atoms with van der Waals surface area (Å²) in [6.45, 7) is 6.77. The smallest absolute Gasteiger partial charge is 0.0303 e. The normalized spacial score (nSPS) is 11.8. The average molecular weight is 280 g/mol. The molecule has 0 atom stereocenters. The van der Waals surface area contributed by atoms with Crippen LogP contribution in [0.15, 0.2) is 12.2 Å². The van der Waals surface area contributed by atoms with Crippen LogP contribution >= 0.6 is 0 Å². The second-order valence-electron chi connectivity index (χ2n) is 6.54. The Balaban J connectivity index is 3.05. The molecular weight excluding hydrogens is 240 g/mol. The van der Waals surface area contributed by atoms with Crippen LogP contribution in [0.3, 0.4) is 0 Å². The van der Waals surface area contributed by atoms with E-state index in [1.54, 1.807) is 5.92 Å². The Kier molecular flexibility index (Phi) is 16.6. The summed E-state index contributed by atoms with van der Waals surface area (Å²) >= 11 is 0. The van der Waals surface area contributed by atoms with E-state index in [0.717, 1.165) is 0 Å². The molecule has 0 N–H and O–H groups in total. The molecule has 0 heteroatoms. The van der Waals surface area contributed by atoms with E-state index >= 15 is 0 Å². The Morgan fingerprint density at radius 2 is 1.05 bits per heavy atom. The number of unbranched alkanes of at least 4 members (excludes halogenated alkanes) is 11. The van der Waals surface area contributed by atoms with Gasteiger partial charge in [0.05, 0.1) is 0 Å². The van der Waals surface area contributed by atoms with Gasteiger partial charge in [0.1, 0.15) is 0 Å². The Labute approximate surface area is 129 Å². The van der Waals surface area contributed by atoms with E-state index in [-0.39, 0.29) is 0 Å². The largest absolute Gasteiger partial charge is 0.0885 e. The molecule has 0 aliphatic heterocycles. The first-order valence-electron chi connectivity index (χ1n) is 9.21. The van der Waals surface area contributed by atoms with Gasteiger partial charge in [0.15, 0.2) is 0 Å². The third kappa shape index (κ3) is 17.7. The lowest BCUT2D eigenvalue weighted by molar-refractivity contribution is 0.600. The first-order valence-corrected chi connectivity index (χ1v) is 9.21. The van der Waals surface area contributed by atoms with Crippen molar-refractivity contribution in [1.82, 2.24) is 0 Å². The number of hydrogen-bond acceptors (Lipinski definition) is 0. The van der Waals surface area contributed by atoms with E-state index in [1.807, 2.05) is 0 Å². The van der Waals surface area contributed by atoms with E-state index < -0.39 is 0 Å². The van der Waals surface area contributed by atoms with Gasteiger partial charge in [-0.25, -0.2) is 0 Å². The van der Waals surface area contributed by atoms with Crippen LogP contribution < -0.4 is 0 Å². The predicted octanol–water partition coefficient (Wildman–Crippen LogP) is 7.64. The summed E-state index contributed by atoms with van der Waals surface area (Å²) in [6.07, 6.45) is 24.3. The van der Waals surface area contributed by atoms with Crippen molar-refractivity contribution in [2.45, 2.75) is 111 Å². The number of rotatable bonds is 15. The van der Waals surface area contributed by atoms with Crippen molar-refractivity contribution in [1.29, 1.82) is 0 Å². The molecule has 0 aromatic heterocycles. The molecular formula is C20H39. The molecule has 0 saturated carbocycles. The Hall–Kier alpha value is -0.260. The lowest BCUT2D eigenvalue weighted by atomic mass is 10.0. The molecule has 0 saturated heterocycles. The summed E-state index contributed by atoms with van der Waals surface area (Å²) in [6, 6.07) is 0. The Morgan fingerprint density at radius 3 is 1.55 bits per heavy atom. The maximum Gasteiger partial charge on any atom is -0.0303 e. The molecule has 0 aromatic rings. The topological polar surface area (TPSA) is 0 Å². The molecule has 119 valence electrons. The van der Waals surface area contributed by atoms with Crippen molar-refractivity contribution in [2.24, 2.45) is 0 Å². The summed E-state index contributed by atoms with van der Waals surface area (Å²) in [7, 11) is 0. The van der Waals surface area contributed by atoms with Gasteiger partial charge in [-0.2, -0.15) is 0 Å². The van der Waals surface area contributed by atoms with Crippen LogP contribution in [-0.2, 0) is 0 Å². The number of allylic oxidation sites excluding steroid dienone is 2. The number of hydrogen-bond donors (Lipinski definition) is 0. The first kappa shape index (κ1) is 19.7. The molecule has 0 aliphatic carbocycles. The van der Waals surface area contributed by atoms with Crippen LogP contribution in [0.1, 0.15) is 111 Å². The van der Waals surface area contributed by atoms with Gasteiger partial charge in [0, 0.05) is 0 Å². The molecule has 0 aromatic carbocycles. The monoisotopic (exact) mass is 279 g/mol. The fourth-order valence-electron chi connectivity index (χ4n) is 2.55. The third-order valence-electron chi connectivity index (χ3n) is 3.94. The maximum atomic E-state index is 2.41. The molecule has 20 heavy (non-hydrogen) atoms. The minimum atomic E-state index is 1.30. The summed E-state index contributed by atoms with van der Waals surface area (Å²) in [5, 5.41) is 0. The highest BCUT2D eigenvalue weighted by Gasteiger charge is 1.94. The van der Waals surface area contributed by atoms with E-state index in [2.05, 4.69) is 32.9 Å². The average Bonchev–Trinajstić information content (AvgIpc) is 2.43. The maximum absolute atomic E-state index is 2.41. The molecule has 0 rings (SSSR count). The van der Waals surface area contributed by atoms with Crippen molar-refractivity contribution in [3.8, 4) is 0 Å². The van der Waals surface area contributed by atoms with Gasteiger partial charge in [0.2, 0.25) is 0 Å². The van der Waals surface area contributed by atoms with Crippen molar-refractivity contribution >= 4 is 0 Å². The van der Waals surface area contributed by atoms with E-state index in [1.165, 1.54) is 89.9 Å². The third-order valence-corrected chi connectivity index (χ3v) is 3.94. The molecule has 0 aliphatic rings. The highest BCUT2D eigenvalue weighted by molar-refractivity contribution is 4.81.